The number of H-pyrrole nitrogens is 1. The highest BCUT2D eigenvalue weighted by Gasteiger charge is 2.14. The molecule has 8 heteroatoms. The zero-order valence-electron chi connectivity index (χ0n) is 18.1. The van der Waals surface area contributed by atoms with Gasteiger partial charge in [0.1, 0.15) is 11.5 Å². The van der Waals surface area contributed by atoms with E-state index in [1.165, 1.54) is 11.3 Å². The maximum atomic E-state index is 5.63. The molecule has 7 nitrogen and oxygen atoms in total. The van der Waals surface area contributed by atoms with E-state index in [0.717, 1.165) is 44.9 Å². The number of nitrogens with one attached hydrogen (secondary N) is 1. The van der Waals surface area contributed by atoms with Gasteiger partial charge in [-0.05, 0) is 36.4 Å². The fourth-order valence-electron chi connectivity index (χ4n) is 3.54. The largest absolute Gasteiger partial charge is 0.497 e. The minimum Gasteiger partial charge on any atom is -0.497 e. The summed E-state index contributed by atoms with van der Waals surface area (Å²) in [6.45, 7) is 0. The average molecular weight is 456 g/mol. The minimum absolute atomic E-state index is 0.707. The molecule has 0 aliphatic heterocycles. The van der Waals surface area contributed by atoms with E-state index in [0.29, 0.717) is 4.80 Å². The monoisotopic (exact) mass is 455 g/mol. The van der Waals surface area contributed by atoms with E-state index in [1.54, 1.807) is 26.6 Å². The molecular weight excluding hydrogens is 434 g/mol. The van der Waals surface area contributed by atoms with Crippen LogP contribution in [-0.2, 0) is 0 Å². The lowest BCUT2D eigenvalue weighted by Gasteiger charge is -2.11. The van der Waals surface area contributed by atoms with E-state index in [4.69, 9.17) is 19.6 Å². The Morgan fingerprint density at radius 2 is 1.97 bits per heavy atom. The molecule has 0 radical (unpaired) electrons. The smallest absolute Gasteiger partial charge is 0.211 e. The Labute approximate surface area is 194 Å². The van der Waals surface area contributed by atoms with Gasteiger partial charge in [0.05, 0.1) is 38.0 Å². The SMILES string of the molecule is COc1ccc(OC)c(-c2csc(=Nc3cccnc3)n2N=Cc2c[nH]c3ccccc23)c1. The van der Waals surface area contributed by atoms with Gasteiger partial charge in [-0.2, -0.15) is 5.10 Å². The normalized spacial score (nSPS) is 12.0. The Morgan fingerprint density at radius 3 is 2.79 bits per heavy atom. The highest BCUT2D eigenvalue weighted by atomic mass is 32.1. The number of hydrogen-bond acceptors (Lipinski definition) is 6. The molecule has 3 heterocycles. The lowest BCUT2D eigenvalue weighted by atomic mass is 10.1. The number of pyridine rings is 1. The van der Waals surface area contributed by atoms with Crippen LogP contribution in [0.3, 0.4) is 0 Å². The van der Waals surface area contributed by atoms with Crippen molar-refractivity contribution in [3.63, 3.8) is 0 Å². The number of ether oxygens (including phenoxy) is 2. The summed E-state index contributed by atoms with van der Waals surface area (Å²) in [5.41, 5.74) is 4.50. The number of aromatic nitrogens is 3. The van der Waals surface area contributed by atoms with Crippen LogP contribution < -0.4 is 14.3 Å². The van der Waals surface area contributed by atoms with Crippen LogP contribution in [0, 0.1) is 0 Å². The Hall–Kier alpha value is -4.17. The van der Waals surface area contributed by atoms with Gasteiger partial charge < -0.3 is 14.5 Å². The highest BCUT2D eigenvalue weighted by Crippen LogP contribution is 2.34. The van der Waals surface area contributed by atoms with Crippen LogP contribution in [0.15, 0.2) is 88.7 Å². The molecular formula is C25H21N5O2S. The lowest BCUT2D eigenvalue weighted by molar-refractivity contribution is 0.404. The Morgan fingerprint density at radius 1 is 1.06 bits per heavy atom. The van der Waals surface area contributed by atoms with Crippen molar-refractivity contribution in [2.24, 2.45) is 10.1 Å². The Balaban J connectivity index is 1.69. The molecule has 0 fully saturated rings. The number of aromatic amines is 1. The first-order valence-corrected chi connectivity index (χ1v) is 11.1. The number of rotatable bonds is 6. The molecule has 0 saturated carbocycles. The topological polar surface area (TPSA) is 76.8 Å². The zero-order chi connectivity index (χ0) is 22.6. The van der Waals surface area contributed by atoms with Crippen LogP contribution in [0.1, 0.15) is 5.56 Å². The summed E-state index contributed by atoms with van der Waals surface area (Å²) in [6, 6.07) is 17.6. The summed E-state index contributed by atoms with van der Waals surface area (Å²) in [5, 5.41) is 7.95. The zero-order valence-corrected chi connectivity index (χ0v) is 18.9. The number of methoxy groups -OCH3 is 2. The van der Waals surface area contributed by atoms with E-state index >= 15 is 0 Å². The predicted molar refractivity (Wildman–Crippen MR) is 132 cm³/mol. The highest BCUT2D eigenvalue weighted by molar-refractivity contribution is 7.07. The van der Waals surface area contributed by atoms with Gasteiger partial charge in [-0.15, -0.1) is 11.3 Å². The molecule has 5 rings (SSSR count). The summed E-state index contributed by atoms with van der Waals surface area (Å²) in [7, 11) is 3.30. The van der Waals surface area contributed by atoms with E-state index in [1.807, 2.05) is 71.0 Å². The van der Waals surface area contributed by atoms with Gasteiger partial charge >= 0.3 is 0 Å². The number of fused-ring (bicyclic) bond motifs is 1. The first kappa shape index (κ1) is 20.7. The van der Waals surface area contributed by atoms with Crippen LogP contribution >= 0.6 is 11.3 Å². The molecule has 3 aromatic heterocycles. The van der Waals surface area contributed by atoms with Crippen molar-refractivity contribution in [1.82, 2.24) is 14.6 Å². The maximum absolute atomic E-state index is 5.63. The number of benzene rings is 2. The summed E-state index contributed by atoms with van der Waals surface area (Å²) in [5.74, 6) is 1.45. The number of para-hydroxylation sites is 1. The summed E-state index contributed by atoms with van der Waals surface area (Å²) in [6.07, 6.45) is 7.23. The van der Waals surface area contributed by atoms with Crippen LogP contribution in [0.25, 0.3) is 22.2 Å². The second-order valence-corrected chi connectivity index (χ2v) is 7.98. The molecule has 0 atom stereocenters. The fourth-order valence-corrected chi connectivity index (χ4v) is 4.39. The van der Waals surface area contributed by atoms with Crippen molar-refractivity contribution >= 4 is 34.1 Å². The molecule has 33 heavy (non-hydrogen) atoms. The van der Waals surface area contributed by atoms with Gasteiger partial charge in [0.25, 0.3) is 0 Å². The molecule has 2 aromatic carbocycles. The average Bonchev–Trinajstić information content (AvgIpc) is 3.46. The third kappa shape index (κ3) is 4.16. The van der Waals surface area contributed by atoms with E-state index < -0.39 is 0 Å². The second kappa shape index (κ2) is 9.13. The van der Waals surface area contributed by atoms with Crippen molar-refractivity contribution in [2.75, 3.05) is 14.2 Å². The lowest BCUT2D eigenvalue weighted by Crippen LogP contribution is -2.12. The predicted octanol–water partition coefficient (Wildman–Crippen LogP) is 5.22. The van der Waals surface area contributed by atoms with Gasteiger partial charge in [-0.1, -0.05) is 18.2 Å². The molecule has 0 unspecified atom stereocenters. The molecule has 0 aliphatic carbocycles. The molecule has 164 valence electrons. The molecule has 0 spiro atoms. The van der Waals surface area contributed by atoms with Crippen molar-refractivity contribution in [3.05, 3.63) is 88.9 Å². The molecule has 0 bridgehead atoms. The van der Waals surface area contributed by atoms with Gasteiger partial charge in [0.15, 0.2) is 0 Å². The van der Waals surface area contributed by atoms with Gasteiger partial charge in [-0.3, -0.25) is 4.98 Å². The van der Waals surface area contributed by atoms with Crippen molar-refractivity contribution < 1.29 is 9.47 Å². The summed E-state index contributed by atoms with van der Waals surface area (Å²) in [4.78, 5) is 12.9. The molecule has 0 aliphatic rings. The Bertz CT molecular complexity index is 1500. The quantitative estimate of drug-likeness (QED) is 0.357. The number of thiazole rings is 1. The molecule has 1 N–H and O–H groups in total. The van der Waals surface area contributed by atoms with Crippen molar-refractivity contribution in [1.29, 1.82) is 0 Å². The first-order chi connectivity index (χ1) is 16.3. The van der Waals surface area contributed by atoms with Gasteiger partial charge in [0, 0.05) is 39.8 Å². The van der Waals surface area contributed by atoms with E-state index in [9.17, 15) is 0 Å². The maximum Gasteiger partial charge on any atom is 0.211 e. The van der Waals surface area contributed by atoms with Crippen molar-refractivity contribution in [2.45, 2.75) is 0 Å². The Kier molecular flexibility index (Phi) is 5.73. The summed E-state index contributed by atoms with van der Waals surface area (Å²) < 4.78 is 12.9. The van der Waals surface area contributed by atoms with E-state index in [-0.39, 0.29) is 0 Å². The number of hydrogen-bond donors (Lipinski definition) is 1. The van der Waals surface area contributed by atoms with Crippen LogP contribution in [0.2, 0.25) is 0 Å². The van der Waals surface area contributed by atoms with Crippen LogP contribution in [0.5, 0.6) is 11.5 Å². The standard InChI is InChI=1S/C25H21N5O2S/c1-31-19-9-10-24(32-2)21(12-19)23-16-33-25(29-18-6-5-11-26-15-18)30(23)28-14-17-13-27-22-8-4-3-7-20(17)22/h3-16,27H,1-2H3. The third-order valence-electron chi connectivity index (χ3n) is 5.17. The van der Waals surface area contributed by atoms with Crippen molar-refractivity contribution in [3.8, 4) is 22.8 Å². The molecule has 0 amide bonds. The molecule has 5 aromatic rings. The van der Waals surface area contributed by atoms with Gasteiger partial charge in [-0.25, -0.2) is 9.67 Å². The summed E-state index contributed by atoms with van der Waals surface area (Å²) >= 11 is 1.49. The minimum atomic E-state index is 0.707. The van der Waals surface area contributed by atoms with Crippen LogP contribution in [0.4, 0.5) is 5.69 Å². The molecule has 0 saturated heterocycles. The first-order valence-electron chi connectivity index (χ1n) is 10.2. The number of nitrogens with zero attached hydrogens (tertiary/aromatic N) is 4. The van der Waals surface area contributed by atoms with Crippen LogP contribution in [-0.4, -0.2) is 35.1 Å². The third-order valence-corrected chi connectivity index (χ3v) is 5.99. The van der Waals surface area contributed by atoms with Gasteiger partial charge in [0.2, 0.25) is 4.80 Å². The fraction of sp³-hybridized carbons (Fsp3) is 0.0800. The van der Waals surface area contributed by atoms with E-state index in [2.05, 4.69) is 16.0 Å². The second-order valence-electron chi connectivity index (χ2n) is 7.14.